The molecule has 2 amide bonds. The lowest BCUT2D eigenvalue weighted by Gasteiger charge is -2.56. The molecule has 14 nitrogen and oxygen atoms in total. The number of hydrogen-bond acceptors (Lipinski definition) is 11. The Morgan fingerprint density at radius 3 is 2.07 bits per heavy atom. The quantitative estimate of drug-likeness (QED) is 0.0817. The molecule has 5 atom stereocenters. The van der Waals surface area contributed by atoms with Crippen LogP contribution in [0.4, 0.5) is 9.59 Å². The van der Waals surface area contributed by atoms with Gasteiger partial charge in [-0.05, 0) is 124 Å². The molecule has 4 aromatic rings. The van der Waals surface area contributed by atoms with Gasteiger partial charge in [0.2, 0.25) is 0 Å². The molecule has 2 aliphatic carbocycles. The van der Waals surface area contributed by atoms with E-state index in [1.807, 2.05) is 26.0 Å². The number of amides is 2. The lowest BCUT2D eigenvalue weighted by Crippen LogP contribution is -2.65. The number of carboxylic acid groups (broad SMARTS) is 1. The monoisotopic (exact) mass is 921 g/mol. The standard InChI is InChI=1S/C21H23NO5.C19H18N2O6.C14H14/c1-11(23)25-16-6-4-13-10-15-14-5-7-17(26-12(2)24)20-21(14,8-9-22(15)3)18(13)19(16)27-20;1-4-26-17(22)8-7-15-11-13(2)14(3)12-16(15)27-19(25)21-10-6-5-9-20(21)18(23)24;1-3-7-13(8-4-1)11-12-14-9-5-2-6-10-14/h4-7,14-15,17,20H,8-10H2,1-3H3;5-6,9-12H,4H2,1-3H3,(H,23,24);1-10H,11-12H2/t14-,15+,17-,20-,21-;;/m0../s1. The number of carbonyl (C=O) groups is 5. The zero-order chi connectivity index (χ0) is 48.5. The van der Waals surface area contributed by atoms with Gasteiger partial charge in [-0.2, -0.15) is 10.0 Å². The van der Waals surface area contributed by atoms with Crippen LogP contribution < -0.4 is 14.2 Å². The molecule has 5 aliphatic rings. The summed E-state index contributed by atoms with van der Waals surface area (Å²) in [6.07, 6.45) is 10.7. The molecule has 68 heavy (non-hydrogen) atoms. The molecule has 1 spiro atoms. The first-order valence-electron chi connectivity index (χ1n) is 22.5. The fourth-order valence-corrected chi connectivity index (χ4v) is 9.42. The summed E-state index contributed by atoms with van der Waals surface area (Å²) in [5, 5.41) is 10.6. The summed E-state index contributed by atoms with van der Waals surface area (Å²) >= 11 is 0. The number of likely N-dealkylation sites (N-methyl/N-ethyl adjacent to an activating group) is 1. The predicted octanol–water partition coefficient (Wildman–Crippen LogP) is 8.42. The molecular formula is C54H55N3O11. The largest absolute Gasteiger partial charge is 0.481 e. The highest BCUT2D eigenvalue weighted by atomic mass is 16.6. The molecule has 1 fully saturated rings. The van der Waals surface area contributed by atoms with Crippen LogP contribution in [0.2, 0.25) is 0 Å². The van der Waals surface area contributed by atoms with Crippen LogP contribution in [0.5, 0.6) is 17.2 Å². The Kier molecular flexibility index (Phi) is 15.2. The van der Waals surface area contributed by atoms with Crippen molar-refractivity contribution in [2.75, 3.05) is 20.2 Å². The second-order valence-electron chi connectivity index (χ2n) is 17.0. The number of benzene rings is 4. The second-order valence-corrected chi connectivity index (χ2v) is 17.0. The van der Waals surface area contributed by atoms with Crippen molar-refractivity contribution >= 4 is 30.1 Å². The van der Waals surface area contributed by atoms with Crippen LogP contribution >= 0.6 is 0 Å². The first-order valence-corrected chi connectivity index (χ1v) is 22.5. The molecule has 0 aromatic heterocycles. The van der Waals surface area contributed by atoms with E-state index in [-0.39, 0.29) is 41.7 Å². The third-order valence-corrected chi connectivity index (χ3v) is 12.6. The van der Waals surface area contributed by atoms with Crippen molar-refractivity contribution in [3.63, 3.8) is 0 Å². The van der Waals surface area contributed by atoms with Crippen molar-refractivity contribution in [2.45, 2.75) is 84.0 Å². The molecule has 1 N–H and O–H groups in total. The van der Waals surface area contributed by atoms with Crippen molar-refractivity contribution in [2.24, 2.45) is 5.92 Å². The zero-order valence-electron chi connectivity index (χ0n) is 39.0. The Balaban J connectivity index is 0.000000159. The summed E-state index contributed by atoms with van der Waals surface area (Å²) in [7, 11) is 2.17. The SMILES string of the molecule is CC(=O)Oc1ccc2c3c1O[C@H]1[C@@H](OC(C)=O)C=C[C@H]4[C@@H](C2)N(C)CC[C@@]341.CCOC(=O)C#Cc1cc(C)c(C)cc1OC(=O)N1C=CC=CN1C(=O)O.c1ccc(CCc2ccccc2)cc1. The Morgan fingerprint density at radius 1 is 0.809 bits per heavy atom. The molecule has 3 aliphatic heterocycles. The summed E-state index contributed by atoms with van der Waals surface area (Å²) in [6.45, 7) is 9.30. The van der Waals surface area contributed by atoms with Crippen LogP contribution in [-0.2, 0) is 48.5 Å². The number of piperidine rings is 1. The minimum absolute atomic E-state index is 0.105. The van der Waals surface area contributed by atoms with Gasteiger partial charge in [-0.3, -0.25) is 9.59 Å². The zero-order valence-corrected chi connectivity index (χ0v) is 39.0. The van der Waals surface area contributed by atoms with Gasteiger partial charge in [-0.25, -0.2) is 14.4 Å². The average Bonchev–Trinajstić information content (AvgIpc) is 3.68. The van der Waals surface area contributed by atoms with Gasteiger partial charge in [-0.1, -0.05) is 78.7 Å². The van der Waals surface area contributed by atoms with E-state index in [4.69, 9.17) is 23.7 Å². The lowest BCUT2D eigenvalue weighted by molar-refractivity contribution is -0.152. The van der Waals surface area contributed by atoms with E-state index >= 15 is 0 Å². The van der Waals surface area contributed by atoms with E-state index in [2.05, 4.69) is 96.6 Å². The van der Waals surface area contributed by atoms with Gasteiger partial charge in [0.15, 0.2) is 17.6 Å². The maximum absolute atomic E-state index is 12.4. The van der Waals surface area contributed by atoms with Gasteiger partial charge in [0.05, 0.1) is 12.2 Å². The lowest BCUT2D eigenvalue weighted by atomic mass is 9.53. The summed E-state index contributed by atoms with van der Waals surface area (Å²) < 4.78 is 27.6. The summed E-state index contributed by atoms with van der Waals surface area (Å²) in [6, 6.07) is 28.8. The van der Waals surface area contributed by atoms with E-state index in [9.17, 15) is 29.1 Å². The fraction of sp³-hybridized carbons (Fsp3) is 0.315. The number of esters is 3. The molecule has 0 saturated carbocycles. The van der Waals surface area contributed by atoms with Crippen LogP contribution in [0.25, 0.3) is 0 Å². The minimum Gasteiger partial charge on any atom is -0.481 e. The number of hydrazine groups is 1. The Labute approximate surface area is 396 Å². The van der Waals surface area contributed by atoms with Crippen LogP contribution in [0.1, 0.15) is 66.1 Å². The van der Waals surface area contributed by atoms with E-state index in [0.29, 0.717) is 28.1 Å². The number of aryl methyl sites for hydroxylation is 4. The number of likely N-dealkylation sites (tertiary alicyclic amines) is 1. The van der Waals surface area contributed by atoms with Gasteiger partial charge < -0.3 is 33.7 Å². The topological polar surface area (TPSA) is 161 Å². The second kappa shape index (κ2) is 21.3. The Bertz CT molecular complexity index is 2660. The molecule has 1 saturated heterocycles. The highest BCUT2D eigenvalue weighted by Gasteiger charge is 2.65. The van der Waals surface area contributed by atoms with Crippen molar-refractivity contribution in [3.8, 4) is 29.1 Å². The first kappa shape index (κ1) is 48.3. The molecule has 3 heterocycles. The number of hydrogen-bond donors (Lipinski definition) is 1. The minimum atomic E-state index is -1.35. The molecule has 2 bridgehead atoms. The van der Waals surface area contributed by atoms with Crippen molar-refractivity contribution in [1.82, 2.24) is 14.9 Å². The van der Waals surface area contributed by atoms with E-state index < -0.39 is 24.3 Å². The van der Waals surface area contributed by atoms with E-state index in [0.717, 1.165) is 53.9 Å². The molecular weight excluding hydrogens is 867 g/mol. The Morgan fingerprint density at radius 2 is 1.46 bits per heavy atom. The van der Waals surface area contributed by atoms with Gasteiger partial charge >= 0.3 is 30.1 Å². The Hall–Kier alpha value is -7.63. The van der Waals surface area contributed by atoms with Crippen molar-refractivity contribution < 1.29 is 52.8 Å². The van der Waals surface area contributed by atoms with Gasteiger partial charge in [-0.15, -0.1) is 0 Å². The average molecular weight is 922 g/mol. The predicted molar refractivity (Wildman–Crippen MR) is 252 cm³/mol. The normalized spacial score (nSPS) is 20.9. The summed E-state index contributed by atoms with van der Waals surface area (Å²) in [5.74, 6) is 5.06. The number of rotatable bonds is 7. The number of ether oxygens (including phenoxy) is 5. The van der Waals surface area contributed by atoms with E-state index in [1.54, 1.807) is 19.1 Å². The van der Waals surface area contributed by atoms with Crippen LogP contribution in [0, 0.1) is 31.6 Å². The third kappa shape index (κ3) is 10.6. The number of nitrogens with zero attached hydrogens (tertiary/aromatic N) is 3. The number of allylic oxidation sites excluding steroid dienone is 2. The molecule has 0 unspecified atom stereocenters. The molecule has 4 aromatic carbocycles. The third-order valence-electron chi connectivity index (χ3n) is 12.6. The first-order chi connectivity index (χ1) is 32.7. The smallest absolute Gasteiger partial charge is 0.439 e. The number of carbonyl (C=O) groups excluding carboxylic acids is 4. The maximum Gasteiger partial charge on any atom is 0.439 e. The summed E-state index contributed by atoms with van der Waals surface area (Å²) in [5.41, 5.74) is 7.01. The molecule has 14 heteroatoms. The van der Waals surface area contributed by atoms with Crippen LogP contribution in [-0.4, -0.2) is 88.6 Å². The van der Waals surface area contributed by atoms with Gasteiger partial charge in [0.1, 0.15) is 11.9 Å². The highest BCUT2D eigenvalue weighted by Crippen LogP contribution is 2.62. The van der Waals surface area contributed by atoms with E-state index in [1.165, 1.54) is 55.1 Å². The molecule has 0 radical (unpaired) electrons. The summed E-state index contributed by atoms with van der Waals surface area (Å²) in [4.78, 5) is 60.8. The maximum atomic E-state index is 12.4. The van der Waals surface area contributed by atoms with Crippen molar-refractivity contribution in [3.05, 3.63) is 161 Å². The van der Waals surface area contributed by atoms with Crippen molar-refractivity contribution in [1.29, 1.82) is 0 Å². The highest BCUT2D eigenvalue weighted by molar-refractivity contribution is 5.89. The van der Waals surface area contributed by atoms with Gasteiger partial charge in [0.25, 0.3) is 0 Å². The van der Waals surface area contributed by atoms with Crippen LogP contribution in [0.3, 0.4) is 0 Å². The molecule has 9 rings (SSSR count). The molecule has 352 valence electrons. The fourth-order valence-electron chi connectivity index (χ4n) is 9.42. The van der Waals surface area contributed by atoms with Crippen LogP contribution in [0.15, 0.2) is 122 Å². The van der Waals surface area contributed by atoms with Gasteiger partial charge in [0, 0.05) is 55.1 Å².